The van der Waals surface area contributed by atoms with Gasteiger partial charge in [0.1, 0.15) is 0 Å². The highest BCUT2D eigenvalue weighted by molar-refractivity contribution is 5.85. The quantitative estimate of drug-likeness (QED) is 0.644. The third kappa shape index (κ3) is 4.14. The molecule has 1 N–H and O–H groups in total. The van der Waals surface area contributed by atoms with E-state index >= 15 is 0 Å². The minimum atomic E-state index is -0.851. The van der Waals surface area contributed by atoms with Gasteiger partial charge in [-0.3, -0.25) is 5.41 Å². The van der Waals surface area contributed by atoms with Crippen LogP contribution in [0.2, 0.25) is 0 Å². The third-order valence-electron chi connectivity index (χ3n) is 1.97. The molecule has 0 amide bonds. The molecule has 0 saturated carbocycles. The van der Waals surface area contributed by atoms with Crippen LogP contribution in [0.5, 0.6) is 0 Å². The average molecular weight is 250 g/mol. The predicted octanol–water partition coefficient (Wildman–Crippen LogP) is 3.33. The molecular formula is C11H14ClF2NO. The molecule has 1 aromatic rings. The molecule has 1 aromatic carbocycles. The molecule has 0 aliphatic rings. The molecule has 0 spiro atoms. The molecule has 0 aromatic heterocycles. The predicted molar refractivity (Wildman–Crippen MR) is 61.3 cm³/mol. The first-order chi connectivity index (χ1) is 7.15. The molecule has 0 fully saturated rings. The summed E-state index contributed by atoms with van der Waals surface area (Å²) >= 11 is 0. The van der Waals surface area contributed by atoms with E-state index < -0.39 is 11.6 Å². The van der Waals surface area contributed by atoms with Crippen molar-refractivity contribution < 1.29 is 13.5 Å². The Labute approximate surface area is 99.5 Å². The Morgan fingerprint density at radius 1 is 1.38 bits per heavy atom. The van der Waals surface area contributed by atoms with E-state index in [0.29, 0.717) is 6.61 Å². The zero-order valence-corrected chi connectivity index (χ0v) is 9.74. The van der Waals surface area contributed by atoms with E-state index in [2.05, 4.69) is 0 Å². The van der Waals surface area contributed by atoms with Crippen molar-refractivity contribution in [3.63, 3.8) is 0 Å². The number of ether oxygens (including phenoxy) is 1. The van der Waals surface area contributed by atoms with Gasteiger partial charge in [-0.2, -0.15) is 0 Å². The lowest BCUT2D eigenvalue weighted by Gasteiger charge is -2.05. The molecule has 2 nitrogen and oxygen atoms in total. The number of halogens is 3. The van der Waals surface area contributed by atoms with Crippen molar-refractivity contribution in [2.24, 2.45) is 0 Å². The van der Waals surface area contributed by atoms with Crippen LogP contribution in [0.1, 0.15) is 18.9 Å². The van der Waals surface area contributed by atoms with E-state index in [4.69, 9.17) is 10.1 Å². The summed E-state index contributed by atoms with van der Waals surface area (Å²) in [6, 6.07) is 4.04. The Balaban J connectivity index is 0.00000225. The molecule has 90 valence electrons. The summed E-state index contributed by atoms with van der Waals surface area (Å²) in [7, 11) is 0. The summed E-state index contributed by atoms with van der Waals surface area (Å²) in [5.74, 6) is -1.58. The average Bonchev–Trinajstić information content (AvgIpc) is 2.21. The highest BCUT2D eigenvalue weighted by Gasteiger charge is 2.08. The van der Waals surface area contributed by atoms with Crippen molar-refractivity contribution in [2.75, 3.05) is 6.61 Å². The number of rotatable bonds is 4. The van der Waals surface area contributed by atoms with Crippen molar-refractivity contribution in [1.82, 2.24) is 0 Å². The fraction of sp³-hybridized carbons (Fsp3) is 0.364. The molecule has 0 aliphatic carbocycles. The summed E-state index contributed by atoms with van der Waals surface area (Å²) < 4.78 is 30.8. The Hall–Kier alpha value is -1.16. The fourth-order valence-electron chi connectivity index (χ4n) is 1.24. The third-order valence-corrected chi connectivity index (χ3v) is 1.97. The fourth-order valence-corrected chi connectivity index (χ4v) is 1.24. The van der Waals surface area contributed by atoms with E-state index in [9.17, 15) is 8.78 Å². The first-order valence-electron chi connectivity index (χ1n) is 4.78. The van der Waals surface area contributed by atoms with Gasteiger partial charge in [-0.1, -0.05) is 12.1 Å². The monoisotopic (exact) mass is 249 g/mol. The molecule has 0 saturated heterocycles. The minimum absolute atomic E-state index is 0. The lowest BCUT2D eigenvalue weighted by molar-refractivity contribution is 0.314. The van der Waals surface area contributed by atoms with Gasteiger partial charge in [0.2, 0.25) is 0 Å². The first kappa shape index (κ1) is 14.8. The molecule has 0 bridgehead atoms. The largest absolute Gasteiger partial charge is 0.481 e. The number of hydrogen-bond acceptors (Lipinski definition) is 2. The van der Waals surface area contributed by atoms with Crippen LogP contribution in [0.25, 0.3) is 0 Å². The summed E-state index contributed by atoms with van der Waals surface area (Å²) in [6.07, 6.45) is 0.566. The second-order valence-corrected chi connectivity index (χ2v) is 3.07. The lowest BCUT2D eigenvalue weighted by Crippen LogP contribution is -2.05. The first-order valence-corrected chi connectivity index (χ1v) is 4.78. The molecular weight excluding hydrogens is 236 g/mol. The van der Waals surface area contributed by atoms with Crippen molar-refractivity contribution in [1.29, 1.82) is 5.41 Å². The van der Waals surface area contributed by atoms with Gasteiger partial charge in [0.15, 0.2) is 17.5 Å². The Morgan fingerprint density at radius 3 is 2.69 bits per heavy atom. The van der Waals surface area contributed by atoms with Crippen molar-refractivity contribution >= 4 is 18.3 Å². The van der Waals surface area contributed by atoms with E-state index in [1.807, 2.05) is 0 Å². The Bertz CT molecular complexity index is 358. The molecule has 0 unspecified atom stereocenters. The van der Waals surface area contributed by atoms with Gasteiger partial charge in [0.25, 0.3) is 0 Å². The standard InChI is InChI=1S/C11H13F2NO.ClH/c1-2-15-10(14)7-6-8-4-3-5-9(12)11(8)13;/h3-5,14H,2,6-7H2,1H3;1H. The van der Waals surface area contributed by atoms with Crippen LogP contribution < -0.4 is 0 Å². The number of benzene rings is 1. The summed E-state index contributed by atoms with van der Waals surface area (Å²) in [4.78, 5) is 0. The maximum absolute atomic E-state index is 13.2. The van der Waals surface area contributed by atoms with Gasteiger partial charge in [0.05, 0.1) is 6.61 Å². The van der Waals surface area contributed by atoms with E-state index in [1.54, 1.807) is 6.92 Å². The zero-order chi connectivity index (χ0) is 11.3. The molecule has 0 aliphatic heterocycles. The van der Waals surface area contributed by atoms with Crippen LogP contribution in [0, 0.1) is 17.0 Å². The summed E-state index contributed by atoms with van der Waals surface area (Å²) in [5, 5.41) is 7.32. The number of aryl methyl sites for hydroxylation is 1. The van der Waals surface area contributed by atoms with Crippen LogP contribution in [-0.4, -0.2) is 12.5 Å². The van der Waals surface area contributed by atoms with E-state index in [1.165, 1.54) is 12.1 Å². The number of nitrogens with one attached hydrogen (secondary N) is 1. The molecule has 5 heteroatoms. The van der Waals surface area contributed by atoms with Crippen molar-refractivity contribution in [3.8, 4) is 0 Å². The topological polar surface area (TPSA) is 33.1 Å². The van der Waals surface area contributed by atoms with E-state index in [-0.39, 0.29) is 36.7 Å². The highest BCUT2D eigenvalue weighted by Crippen LogP contribution is 2.13. The van der Waals surface area contributed by atoms with Gasteiger partial charge in [-0.25, -0.2) is 8.78 Å². The molecule has 1 rings (SSSR count). The Kier molecular flexibility index (Phi) is 6.65. The van der Waals surface area contributed by atoms with Gasteiger partial charge >= 0.3 is 0 Å². The molecule has 0 heterocycles. The van der Waals surface area contributed by atoms with Gasteiger partial charge in [-0.15, -0.1) is 12.4 Å². The van der Waals surface area contributed by atoms with Crippen LogP contribution in [0.3, 0.4) is 0 Å². The second-order valence-electron chi connectivity index (χ2n) is 3.07. The Morgan fingerprint density at radius 2 is 2.06 bits per heavy atom. The highest BCUT2D eigenvalue weighted by atomic mass is 35.5. The second kappa shape index (κ2) is 7.17. The van der Waals surface area contributed by atoms with Crippen LogP contribution in [0.15, 0.2) is 18.2 Å². The zero-order valence-electron chi connectivity index (χ0n) is 8.93. The SMILES string of the molecule is CCOC(=N)CCc1cccc(F)c1F.Cl. The molecule has 0 radical (unpaired) electrons. The minimum Gasteiger partial charge on any atom is -0.481 e. The number of hydrogen-bond donors (Lipinski definition) is 1. The van der Waals surface area contributed by atoms with E-state index in [0.717, 1.165) is 6.07 Å². The molecule has 16 heavy (non-hydrogen) atoms. The molecule has 0 atom stereocenters. The van der Waals surface area contributed by atoms with Crippen LogP contribution >= 0.6 is 12.4 Å². The van der Waals surface area contributed by atoms with Gasteiger partial charge < -0.3 is 4.74 Å². The lowest BCUT2D eigenvalue weighted by atomic mass is 10.1. The van der Waals surface area contributed by atoms with Gasteiger partial charge in [0, 0.05) is 6.42 Å². The van der Waals surface area contributed by atoms with Gasteiger partial charge in [-0.05, 0) is 25.0 Å². The van der Waals surface area contributed by atoms with Crippen molar-refractivity contribution in [3.05, 3.63) is 35.4 Å². The van der Waals surface area contributed by atoms with Crippen molar-refractivity contribution in [2.45, 2.75) is 19.8 Å². The summed E-state index contributed by atoms with van der Waals surface area (Å²) in [5.41, 5.74) is 0.277. The maximum atomic E-state index is 13.2. The smallest absolute Gasteiger partial charge is 0.180 e. The maximum Gasteiger partial charge on any atom is 0.180 e. The summed E-state index contributed by atoms with van der Waals surface area (Å²) in [6.45, 7) is 2.20. The normalized spacial score (nSPS) is 9.44. The van der Waals surface area contributed by atoms with Crippen LogP contribution in [-0.2, 0) is 11.2 Å². The van der Waals surface area contributed by atoms with Crippen LogP contribution in [0.4, 0.5) is 8.78 Å².